The number of benzene rings is 1. The number of piperidine rings is 1. The zero-order valence-corrected chi connectivity index (χ0v) is 16.7. The van der Waals surface area contributed by atoms with Gasteiger partial charge in [-0.2, -0.15) is 5.10 Å². The molecule has 1 aliphatic heterocycles. The number of ether oxygens (including phenoxy) is 1. The van der Waals surface area contributed by atoms with E-state index in [9.17, 15) is 0 Å². The lowest BCUT2D eigenvalue weighted by atomic mass is 9.94. The van der Waals surface area contributed by atoms with Gasteiger partial charge in [-0.05, 0) is 55.3 Å². The van der Waals surface area contributed by atoms with Crippen LogP contribution in [0.2, 0.25) is 0 Å². The number of nitrogens with zero attached hydrogens (tertiary/aromatic N) is 4. The van der Waals surface area contributed by atoms with Gasteiger partial charge in [0, 0.05) is 31.4 Å². The normalized spacial score (nSPS) is 17.3. The van der Waals surface area contributed by atoms with Crippen molar-refractivity contribution in [1.82, 2.24) is 19.7 Å². The van der Waals surface area contributed by atoms with Gasteiger partial charge in [0.1, 0.15) is 12.4 Å². The van der Waals surface area contributed by atoms with Crippen molar-refractivity contribution in [2.24, 2.45) is 0 Å². The summed E-state index contributed by atoms with van der Waals surface area (Å²) in [4.78, 5) is 6.78. The predicted molar refractivity (Wildman–Crippen MR) is 112 cm³/mol. The summed E-state index contributed by atoms with van der Waals surface area (Å²) >= 11 is 0. The highest BCUT2D eigenvalue weighted by Gasteiger charge is 2.23. The Balaban J connectivity index is 1.30. The molecule has 6 nitrogen and oxygen atoms in total. The molecule has 1 saturated heterocycles. The van der Waals surface area contributed by atoms with Gasteiger partial charge in [0.15, 0.2) is 0 Å². The molecule has 1 unspecified atom stereocenters. The summed E-state index contributed by atoms with van der Waals surface area (Å²) in [7, 11) is 0. The van der Waals surface area contributed by atoms with Crippen molar-refractivity contribution < 1.29 is 9.84 Å². The van der Waals surface area contributed by atoms with Crippen LogP contribution in [0, 0.1) is 0 Å². The molecule has 152 valence electrons. The number of rotatable bonds is 8. The average molecular weight is 393 g/mol. The van der Waals surface area contributed by atoms with Gasteiger partial charge < -0.3 is 9.84 Å². The van der Waals surface area contributed by atoms with Gasteiger partial charge >= 0.3 is 0 Å². The molecule has 1 N–H and O–H groups in total. The number of likely N-dealkylation sites (tertiary alicyclic amines) is 1. The van der Waals surface area contributed by atoms with Gasteiger partial charge in [-0.15, -0.1) is 0 Å². The fourth-order valence-electron chi connectivity index (χ4n) is 3.85. The van der Waals surface area contributed by atoms with Crippen LogP contribution in [0.25, 0.3) is 0 Å². The van der Waals surface area contributed by atoms with E-state index in [0.717, 1.165) is 36.8 Å². The summed E-state index contributed by atoms with van der Waals surface area (Å²) in [6.45, 7) is 4.25. The van der Waals surface area contributed by atoms with Gasteiger partial charge in [-0.1, -0.05) is 18.2 Å². The number of aromatic nitrogens is 3. The summed E-state index contributed by atoms with van der Waals surface area (Å²) in [6, 6.07) is 16.3. The molecule has 0 aliphatic carbocycles. The molecule has 1 aliphatic rings. The van der Waals surface area contributed by atoms with E-state index in [1.807, 2.05) is 41.2 Å². The standard InChI is InChI=1S/C23H28N4O2/c28-15-14-27-13-10-23(25-27)20-4-3-12-26(17-20)16-19-6-8-22(9-7-19)29-18-21-5-1-2-11-24-21/h1-2,5-11,13,20,28H,3-4,12,14-18H2. The second kappa shape index (κ2) is 9.67. The first-order valence-corrected chi connectivity index (χ1v) is 10.3. The fourth-order valence-corrected chi connectivity index (χ4v) is 3.85. The van der Waals surface area contributed by atoms with E-state index < -0.39 is 0 Å². The van der Waals surface area contributed by atoms with E-state index in [1.165, 1.54) is 18.4 Å². The molecule has 1 aromatic carbocycles. The average Bonchev–Trinajstić information content (AvgIpc) is 3.23. The van der Waals surface area contributed by atoms with Crippen molar-refractivity contribution in [3.05, 3.63) is 77.9 Å². The third kappa shape index (κ3) is 5.43. The maximum atomic E-state index is 9.08. The van der Waals surface area contributed by atoms with Crippen LogP contribution in [0.15, 0.2) is 60.9 Å². The Bertz CT molecular complexity index is 879. The molecular formula is C23H28N4O2. The molecule has 4 rings (SSSR count). The Morgan fingerprint density at radius 2 is 2.00 bits per heavy atom. The van der Waals surface area contributed by atoms with Gasteiger partial charge in [0.25, 0.3) is 0 Å². The first-order valence-electron chi connectivity index (χ1n) is 10.3. The molecule has 0 saturated carbocycles. The van der Waals surface area contributed by atoms with Crippen molar-refractivity contribution in [1.29, 1.82) is 0 Å². The molecule has 0 radical (unpaired) electrons. The van der Waals surface area contributed by atoms with Gasteiger partial charge in [0.05, 0.1) is 24.5 Å². The minimum atomic E-state index is 0.124. The van der Waals surface area contributed by atoms with Gasteiger partial charge in [0.2, 0.25) is 0 Å². The molecule has 1 atom stereocenters. The van der Waals surface area contributed by atoms with Crippen LogP contribution in [-0.2, 0) is 19.7 Å². The van der Waals surface area contributed by atoms with Crippen molar-refractivity contribution in [2.75, 3.05) is 19.7 Å². The Morgan fingerprint density at radius 1 is 1.10 bits per heavy atom. The van der Waals surface area contributed by atoms with Crippen LogP contribution in [0.5, 0.6) is 5.75 Å². The zero-order valence-electron chi connectivity index (χ0n) is 16.7. The molecule has 29 heavy (non-hydrogen) atoms. The van der Waals surface area contributed by atoms with Crippen LogP contribution >= 0.6 is 0 Å². The molecule has 6 heteroatoms. The third-order valence-electron chi connectivity index (χ3n) is 5.36. The topological polar surface area (TPSA) is 63.4 Å². The van der Waals surface area contributed by atoms with E-state index in [4.69, 9.17) is 9.84 Å². The van der Waals surface area contributed by atoms with Crippen LogP contribution < -0.4 is 4.74 Å². The maximum Gasteiger partial charge on any atom is 0.130 e. The molecule has 0 bridgehead atoms. The summed E-state index contributed by atoms with van der Waals surface area (Å²) in [5, 5.41) is 13.7. The quantitative estimate of drug-likeness (QED) is 0.638. The van der Waals surface area contributed by atoms with Crippen molar-refractivity contribution >= 4 is 0 Å². The number of aliphatic hydroxyl groups excluding tert-OH is 1. The lowest BCUT2D eigenvalue weighted by molar-refractivity contribution is 0.197. The van der Waals surface area contributed by atoms with Crippen LogP contribution in [0.4, 0.5) is 0 Å². The number of hydrogen-bond acceptors (Lipinski definition) is 5. The van der Waals surface area contributed by atoms with Gasteiger partial charge in [-0.3, -0.25) is 14.6 Å². The molecule has 2 aromatic heterocycles. The summed E-state index contributed by atoms with van der Waals surface area (Å²) in [5.41, 5.74) is 3.36. The Morgan fingerprint density at radius 3 is 2.79 bits per heavy atom. The van der Waals surface area contributed by atoms with E-state index in [0.29, 0.717) is 19.1 Å². The predicted octanol–water partition coefficient (Wildman–Crippen LogP) is 3.23. The number of pyridine rings is 1. The van der Waals surface area contributed by atoms with Crippen LogP contribution in [0.3, 0.4) is 0 Å². The highest BCUT2D eigenvalue weighted by molar-refractivity contribution is 5.27. The molecule has 0 amide bonds. The summed E-state index contributed by atoms with van der Waals surface area (Å²) in [6.07, 6.45) is 6.11. The van der Waals surface area contributed by atoms with Crippen molar-refractivity contribution in [3.63, 3.8) is 0 Å². The van der Waals surface area contributed by atoms with E-state index >= 15 is 0 Å². The van der Waals surface area contributed by atoms with Crippen LogP contribution in [0.1, 0.15) is 35.7 Å². The molecular weight excluding hydrogens is 364 g/mol. The molecule has 1 fully saturated rings. The Labute approximate surface area is 171 Å². The van der Waals surface area contributed by atoms with E-state index in [2.05, 4.69) is 33.2 Å². The monoisotopic (exact) mass is 392 g/mol. The highest BCUT2D eigenvalue weighted by atomic mass is 16.5. The second-order valence-electron chi connectivity index (χ2n) is 7.56. The second-order valence-corrected chi connectivity index (χ2v) is 7.56. The summed E-state index contributed by atoms with van der Waals surface area (Å²) < 4.78 is 7.66. The number of hydrogen-bond donors (Lipinski definition) is 1. The smallest absolute Gasteiger partial charge is 0.130 e. The molecule has 3 aromatic rings. The lowest BCUT2D eigenvalue weighted by Gasteiger charge is -2.32. The minimum absolute atomic E-state index is 0.124. The van der Waals surface area contributed by atoms with E-state index in [1.54, 1.807) is 6.20 Å². The Kier molecular flexibility index (Phi) is 6.54. The lowest BCUT2D eigenvalue weighted by Crippen LogP contribution is -2.34. The van der Waals surface area contributed by atoms with Crippen molar-refractivity contribution in [2.45, 2.75) is 38.5 Å². The van der Waals surface area contributed by atoms with Gasteiger partial charge in [-0.25, -0.2) is 0 Å². The maximum absolute atomic E-state index is 9.08. The number of aliphatic hydroxyl groups is 1. The van der Waals surface area contributed by atoms with Crippen LogP contribution in [-0.4, -0.2) is 44.5 Å². The minimum Gasteiger partial charge on any atom is -0.487 e. The molecule has 0 spiro atoms. The third-order valence-corrected chi connectivity index (χ3v) is 5.36. The Hall–Kier alpha value is -2.70. The summed E-state index contributed by atoms with van der Waals surface area (Å²) in [5.74, 6) is 1.33. The fraction of sp³-hybridized carbons (Fsp3) is 0.391. The first kappa shape index (κ1) is 19.6. The van der Waals surface area contributed by atoms with Crippen molar-refractivity contribution in [3.8, 4) is 5.75 Å². The zero-order chi connectivity index (χ0) is 19.9. The highest BCUT2D eigenvalue weighted by Crippen LogP contribution is 2.27. The van der Waals surface area contributed by atoms with E-state index in [-0.39, 0.29) is 6.61 Å². The molecule has 3 heterocycles. The largest absolute Gasteiger partial charge is 0.487 e. The SMILES string of the molecule is OCCn1ccc(C2CCCN(Cc3ccc(OCc4ccccn4)cc3)C2)n1. The first-order chi connectivity index (χ1) is 14.3.